The van der Waals surface area contributed by atoms with Crippen molar-refractivity contribution in [1.29, 1.82) is 0 Å². The van der Waals surface area contributed by atoms with Crippen LogP contribution in [0.2, 0.25) is 0 Å². The molecule has 134 valence electrons. The van der Waals surface area contributed by atoms with Gasteiger partial charge in [-0.1, -0.05) is 48.0 Å². The minimum atomic E-state index is -1.40. The van der Waals surface area contributed by atoms with Crippen LogP contribution in [0.3, 0.4) is 0 Å². The average molecular weight is 360 g/mol. The fourth-order valence-corrected chi connectivity index (χ4v) is 3.76. The van der Waals surface area contributed by atoms with Gasteiger partial charge in [-0.15, -0.1) is 0 Å². The summed E-state index contributed by atoms with van der Waals surface area (Å²) in [6.45, 7) is 2.44. The van der Waals surface area contributed by atoms with Crippen LogP contribution in [-0.4, -0.2) is 32.9 Å². The summed E-state index contributed by atoms with van der Waals surface area (Å²) in [6, 6.07) is 17.4. The highest BCUT2D eigenvalue weighted by Crippen LogP contribution is 2.13. The number of carboxylic acids is 1. The lowest BCUT2D eigenvalue weighted by Gasteiger charge is -2.13. The molecule has 1 N–H and O–H groups in total. The van der Waals surface area contributed by atoms with Crippen LogP contribution < -0.4 is 4.74 Å². The highest BCUT2D eigenvalue weighted by molar-refractivity contribution is 7.86. The Morgan fingerprint density at radius 3 is 2.44 bits per heavy atom. The Morgan fingerprint density at radius 1 is 1.12 bits per heavy atom. The summed E-state index contributed by atoms with van der Waals surface area (Å²) in [5, 5.41) is 8.54. The van der Waals surface area contributed by atoms with Crippen LogP contribution >= 0.6 is 0 Å². The van der Waals surface area contributed by atoms with Gasteiger partial charge in [-0.25, -0.2) is 0 Å². The molecule has 5 heteroatoms. The number of para-hydroxylation sites is 1. The molecule has 0 heterocycles. The van der Waals surface area contributed by atoms with E-state index in [-0.39, 0.29) is 0 Å². The number of hydrogen-bond acceptors (Lipinski definition) is 3. The van der Waals surface area contributed by atoms with Crippen LogP contribution in [0, 0.1) is 6.92 Å². The van der Waals surface area contributed by atoms with Crippen molar-refractivity contribution in [2.45, 2.75) is 31.4 Å². The van der Waals surface area contributed by atoms with Crippen LogP contribution in [0.4, 0.5) is 0 Å². The first-order valence-corrected chi connectivity index (χ1v) is 9.78. The molecule has 0 radical (unpaired) electrons. The summed E-state index contributed by atoms with van der Waals surface area (Å²) in [4.78, 5) is 11.4. The largest absolute Gasteiger partial charge is 0.494 e. The summed E-state index contributed by atoms with van der Waals surface area (Å²) in [6.07, 6.45) is 1.56. The van der Waals surface area contributed by atoms with Crippen LogP contribution in [-0.2, 0) is 22.0 Å². The second-order valence-corrected chi connectivity index (χ2v) is 7.69. The zero-order chi connectivity index (χ0) is 18.1. The molecule has 0 aliphatic heterocycles. The van der Waals surface area contributed by atoms with Crippen molar-refractivity contribution in [3.63, 3.8) is 0 Å². The van der Waals surface area contributed by atoms with E-state index in [1.807, 2.05) is 61.5 Å². The minimum absolute atomic E-state index is 0.331. The van der Waals surface area contributed by atoms with Crippen LogP contribution in [0.25, 0.3) is 0 Å². The molecule has 0 spiro atoms. The molecule has 2 rings (SSSR count). The second-order valence-electron chi connectivity index (χ2n) is 5.95. The van der Waals surface area contributed by atoms with E-state index < -0.39 is 22.0 Å². The predicted octanol–water partition coefficient (Wildman–Crippen LogP) is 3.60. The quantitative estimate of drug-likeness (QED) is 0.658. The van der Waals surface area contributed by atoms with E-state index in [2.05, 4.69) is 0 Å². The van der Waals surface area contributed by atoms with Crippen molar-refractivity contribution >= 4 is 16.8 Å². The molecule has 2 atom stereocenters. The van der Waals surface area contributed by atoms with Crippen molar-refractivity contribution in [2.24, 2.45) is 0 Å². The standard InChI is InChI=1S/C20H24O4S/c1-16-8-10-17(11-9-16)12-13-19(20(21)22)25(23)15-5-14-24-18-6-3-2-4-7-18/h2-4,6-11,19H,5,12-15H2,1H3,(H,21,22). The third kappa shape index (κ3) is 6.70. The first-order chi connectivity index (χ1) is 12.1. The average Bonchev–Trinajstić information content (AvgIpc) is 2.61. The summed E-state index contributed by atoms with van der Waals surface area (Å²) < 4.78 is 17.9. The van der Waals surface area contributed by atoms with Gasteiger partial charge < -0.3 is 9.84 Å². The fraction of sp³-hybridized carbons (Fsp3) is 0.350. The van der Waals surface area contributed by atoms with Crippen molar-refractivity contribution < 1.29 is 18.8 Å². The molecule has 4 nitrogen and oxygen atoms in total. The Balaban J connectivity index is 1.77. The van der Waals surface area contributed by atoms with Gasteiger partial charge in [0.1, 0.15) is 11.0 Å². The van der Waals surface area contributed by atoms with Gasteiger partial charge in [-0.3, -0.25) is 9.00 Å². The van der Waals surface area contributed by atoms with Crippen LogP contribution in [0.5, 0.6) is 5.75 Å². The molecule has 25 heavy (non-hydrogen) atoms. The predicted molar refractivity (Wildman–Crippen MR) is 100 cm³/mol. The maximum absolute atomic E-state index is 12.3. The van der Waals surface area contributed by atoms with E-state index in [4.69, 9.17) is 4.74 Å². The molecule has 0 saturated carbocycles. The lowest BCUT2D eigenvalue weighted by molar-refractivity contribution is -0.136. The van der Waals surface area contributed by atoms with Gasteiger partial charge in [0.25, 0.3) is 0 Å². The minimum Gasteiger partial charge on any atom is -0.494 e. The number of aliphatic carboxylic acids is 1. The van der Waals surface area contributed by atoms with Gasteiger partial charge in [-0.2, -0.15) is 0 Å². The Labute approximate surface area is 151 Å². The van der Waals surface area contributed by atoms with Crippen LogP contribution in [0.15, 0.2) is 54.6 Å². The van der Waals surface area contributed by atoms with Crippen molar-refractivity contribution in [1.82, 2.24) is 0 Å². The smallest absolute Gasteiger partial charge is 0.319 e. The molecule has 2 unspecified atom stereocenters. The van der Waals surface area contributed by atoms with Gasteiger partial charge in [0.05, 0.1) is 6.61 Å². The van der Waals surface area contributed by atoms with E-state index in [0.29, 0.717) is 31.6 Å². The third-order valence-electron chi connectivity index (χ3n) is 3.91. The molecule has 0 aliphatic rings. The Hall–Kier alpha value is -2.14. The molecule has 0 amide bonds. The number of carboxylic acid groups (broad SMARTS) is 1. The number of benzene rings is 2. The molecular weight excluding hydrogens is 336 g/mol. The zero-order valence-electron chi connectivity index (χ0n) is 14.4. The van der Waals surface area contributed by atoms with E-state index in [0.717, 1.165) is 11.3 Å². The van der Waals surface area contributed by atoms with Gasteiger partial charge in [0.15, 0.2) is 0 Å². The molecule has 0 fully saturated rings. The lowest BCUT2D eigenvalue weighted by Crippen LogP contribution is -2.28. The zero-order valence-corrected chi connectivity index (χ0v) is 15.2. The highest BCUT2D eigenvalue weighted by Gasteiger charge is 2.24. The van der Waals surface area contributed by atoms with E-state index in [1.54, 1.807) is 0 Å². The molecule has 0 saturated heterocycles. The number of carbonyl (C=O) groups is 1. The second kappa shape index (κ2) is 9.99. The lowest BCUT2D eigenvalue weighted by atomic mass is 10.1. The summed E-state index contributed by atoms with van der Waals surface area (Å²) in [5.74, 6) is 0.106. The summed E-state index contributed by atoms with van der Waals surface area (Å²) in [7, 11) is -1.40. The first kappa shape index (κ1) is 19.2. The number of ether oxygens (including phenoxy) is 1. The van der Waals surface area contributed by atoms with E-state index in [1.165, 1.54) is 5.56 Å². The first-order valence-electron chi connectivity index (χ1n) is 8.39. The topological polar surface area (TPSA) is 63.6 Å². The van der Waals surface area contributed by atoms with Crippen molar-refractivity contribution in [3.05, 3.63) is 65.7 Å². The fourth-order valence-electron chi connectivity index (χ4n) is 2.47. The normalized spacial score (nSPS) is 13.2. The molecule has 0 aliphatic carbocycles. The van der Waals surface area contributed by atoms with Gasteiger partial charge in [-0.05, 0) is 43.9 Å². The Bertz CT molecular complexity index is 683. The maximum atomic E-state index is 12.3. The highest BCUT2D eigenvalue weighted by atomic mass is 32.2. The number of rotatable bonds is 10. The van der Waals surface area contributed by atoms with Gasteiger partial charge in [0, 0.05) is 16.6 Å². The molecule has 2 aromatic carbocycles. The third-order valence-corrected chi connectivity index (χ3v) is 5.67. The summed E-state index contributed by atoms with van der Waals surface area (Å²) in [5.41, 5.74) is 2.24. The number of hydrogen-bond donors (Lipinski definition) is 1. The van der Waals surface area contributed by atoms with Gasteiger partial charge >= 0.3 is 5.97 Å². The monoisotopic (exact) mass is 360 g/mol. The van der Waals surface area contributed by atoms with Crippen molar-refractivity contribution in [2.75, 3.05) is 12.4 Å². The Kier molecular flexibility index (Phi) is 7.67. The molecule has 2 aromatic rings. The van der Waals surface area contributed by atoms with Crippen LogP contribution in [0.1, 0.15) is 24.0 Å². The Morgan fingerprint density at radius 2 is 1.80 bits per heavy atom. The maximum Gasteiger partial charge on any atom is 0.319 e. The molecule has 0 aromatic heterocycles. The van der Waals surface area contributed by atoms with Crippen molar-refractivity contribution in [3.8, 4) is 5.75 Å². The van der Waals surface area contributed by atoms with Gasteiger partial charge in [0.2, 0.25) is 0 Å². The molecule has 0 bridgehead atoms. The van der Waals surface area contributed by atoms with E-state index >= 15 is 0 Å². The summed E-state index contributed by atoms with van der Waals surface area (Å²) >= 11 is 0. The number of aryl methyl sites for hydroxylation is 2. The van der Waals surface area contributed by atoms with E-state index in [9.17, 15) is 14.1 Å². The molecular formula is C20H24O4S. The SMILES string of the molecule is Cc1ccc(CCC(C(=O)O)S(=O)CCCOc2ccccc2)cc1.